The molecule has 14 heteroatoms. The van der Waals surface area contributed by atoms with Crippen molar-refractivity contribution in [2.75, 3.05) is 46.8 Å². The molecule has 0 amide bonds. The van der Waals surface area contributed by atoms with Gasteiger partial charge in [0.1, 0.15) is 27.6 Å². The molecule has 4 atom stereocenters. The number of hydrogen-bond donors (Lipinski definition) is 1. The Hall–Kier alpha value is -2.86. The molecule has 2 saturated heterocycles. The van der Waals surface area contributed by atoms with Crippen molar-refractivity contribution < 1.29 is 17.5 Å². The van der Waals surface area contributed by atoms with Crippen molar-refractivity contribution in [1.29, 1.82) is 0 Å². The van der Waals surface area contributed by atoms with Gasteiger partial charge in [-0.05, 0) is 53.7 Å². The number of halogens is 1. The summed E-state index contributed by atoms with van der Waals surface area (Å²) in [6, 6.07) is 8.09. The zero-order valence-corrected chi connectivity index (χ0v) is 25.2. The largest absolute Gasteiger partial charge is 0.396 e. The first kappa shape index (κ1) is 30.6. The molecular formula is C28H34B3FN6O3S. The molecule has 6 radical (unpaired) electrons. The SMILES string of the molecule is [B]C([B])([B])O[C@@H]1CCN(c2nccc(Nc3cc4c(C(C)C)ccc(N5C[C@H](CS(C)(=O)=O)[C@H]5C)c4cn3)n2)C[C@@H]1F. The van der Waals surface area contributed by atoms with Crippen LogP contribution in [0.25, 0.3) is 10.8 Å². The Balaban J connectivity index is 1.35. The first-order chi connectivity index (χ1) is 19.7. The highest BCUT2D eigenvalue weighted by Gasteiger charge is 2.38. The third-order valence-corrected chi connectivity index (χ3v) is 9.02. The zero-order chi connectivity index (χ0) is 30.4. The van der Waals surface area contributed by atoms with E-state index in [0.29, 0.717) is 37.1 Å². The van der Waals surface area contributed by atoms with Crippen LogP contribution in [-0.2, 0) is 14.6 Å². The molecule has 4 heterocycles. The van der Waals surface area contributed by atoms with Crippen LogP contribution in [0.5, 0.6) is 0 Å². The van der Waals surface area contributed by atoms with Gasteiger partial charge in [-0.3, -0.25) is 0 Å². The maximum absolute atomic E-state index is 14.8. The lowest BCUT2D eigenvalue weighted by atomic mass is 9.52. The molecular weight excluding hydrogens is 552 g/mol. The van der Waals surface area contributed by atoms with Crippen molar-refractivity contribution in [2.24, 2.45) is 5.92 Å². The first-order valence-electron chi connectivity index (χ1n) is 14.1. The van der Waals surface area contributed by atoms with Crippen molar-refractivity contribution in [3.05, 3.63) is 42.2 Å². The molecule has 0 bridgehead atoms. The van der Waals surface area contributed by atoms with E-state index in [1.54, 1.807) is 17.2 Å². The molecule has 0 saturated carbocycles. The molecule has 5 rings (SSSR count). The molecule has 1 aromatic carbocycles. The second-order valence-electron chi connectivity index (χ2n) is 11.8. The Morgan fingerprint density at radius 2 is 1.90 bits per heavy atom. The summed E-state index contributed by atoms with van der Waals surface area (Å²) >= 11 is 0. The number of piperidine rings is 1. The molecule has 2 aliphatic heterocycles. The van der Waals surface area contributed by atoms with E-state index >= 15 is 0 Å². The predicted molar refractivity (Wildman–Crippen MR) is 168 cm³/mol. The number of hydrogen-bond acceptors (Lipinski definition) is 9. The van der Waals surface area contributed by atoms with Crippen LogP contribution in [0.1, 0.15) is 38.7 Å². The second kappa shape index (κ2) is 11.7. The van der Waals surface area contributed by atoms with E-state index in [1.807, 2.05) is 12.3 Å². The number of rotatable bonds is 9. The smallest absolute Gasteiger partial charge is 0.227 e. The van der Waals surface area contributed by atoms with E-state index in [1.165, 1.54) is 11.8 Å². The molecule has 42 heavy (non-hydrogen) atoms. The van der Waals surface area contributed by atoms with Crippen molar-refractivity contribution >= 4 is 67.4 Å². The summed E-state index contributed by atoms with van der Waals surface area (Å²) in [5, 5.41) is 3.45. The first-order valence-corrected chi connectivity index (χ1v) is 16.1. The zero-order valence-electron chi connectivity index (χ0n) is 24.4. The molecule has 2 aromatic heterocycles. The minimum Gasteiger partial charge on any atom is -0.396 e. The van der Waals surface area contributed by atoms with Gasteiger partial charge >= 0.3 is 0 Å². The third kappa shape index (κ3) is 6.85. The van der Waals surface area contributed by atoms with E-state index in [9.17, 15) is 12.8 Å². The maximum Gasteiger partial charge on any atom is 0.227 e. The summed E-state index contributed by atoms with van der Waals surface area (Å²) in [5.74, 6) is 2.07. The monoisotopic (exact) mass is 586 g/mol. The molecule has 3 aromatic rings. The number of aromatic nitrogens is 3. The van der Waals surface area contributed by atoms with E-state index in [0.717, 1.165) is 16.5 Å². The van der Waals surface area contributed by atoms with Gasteiger partial charge in [-0.1, -0.05) is 19.9 Å². The Morgan fingerprint density at radius 1 is 1.14 bits per heavy atom. The molecule has 9 nitrogen and oxygen atoms in total. The lowest BCUT2D eigenvalue weighted by molar-refractivity contribution is -0.0185. The van der Waals surface area contributed by atoms with E-state index in [4.69, 9.17) is 28.3 Å². The van der Waals surface area contributed by atoms with Crippen LogP contribution in [0.3, 0.4) is 0 Å². The minimum absolute atomic E-state index is 0.0128. The molecule has 0 spiro atoms. The summed E-state index contributed by atoms with van der Waals surface area (Å²) in [5.41, 5.74) is 2.22. The van der Waals surface area contributed by atoms with Crippen LogP contribution in [0.4, 0.5) is 27.7 Å². The molecule has 2 aliphatic rings. The number of nitrogens with one attached hydrogen (secondary N) is 1. The van der Waals surface area contributed by atoms with Gasteiger partial charge < -0.3 is 19.9 Å². The quantitative estimate of drug-likeness (QED) is 0.380. The number of ether oxygens (including phenoxy) is 1. The number of nitrogens with zero attached hydrogens (tertiary/aromatic N) is 5. The minimum atomic E-state index is -3.04. The fourth-order valence-corrected chi connectivity index (χ4v) is 6.98. The average Bonchev–Trinajstić information content (AvgIpc) is 2.90. The molecule has 216 valence electrons. The number of benzene rings is 1. The van der Waals surface area contributed by atoms with Crippen molar-refractivity contribution in [3.63, 3.8) is 0 Å². The van der Waals surface area contributed by atoms with Gasteiger partial charge in [-0.25, -0.2) is 22.8 Å². The molecule has 1 N–H and O–H groups in total. The summed E-state index contributed by atoms with van der Waals surface area (Å²) in [7, 11) is 13.4. The van der Waals surface area contributed by atoms with Gasteiger partial charge in [-0.15, -0.1) is 0 Å². The summed E-state index contributed by atoms with van der Waals surface area (Å²) in [6.07, 6.45) is 2.90. The number of anilines is 4. The highest BCUT2D eigenvalue weighted by Crippen LogP contribution is 2.39. The number of fused-ring (bicyclic) bond motifs is 1. The highest BCUT2D eigenvalue weighted by atomic mass is 32.2. The molecule has 2 fully saturated rings. The maximum atomic E-state index is 14.8. The van der Waals surface area contributed by atoms with Crippen LogP contribution in [0, 0.1) is 5.92 Å². The Morgan fingerprint density at radius 3 is 2.55 bits per heavy atom. The van der Waals surface area contributed by atoms with Crippen LogP contribution in [0.2, 0.25) is 0 Å². The Kier molecular flexibility index (Phi) is 8.50. The van der Waals surface area contributed by atoms with Crippen molar-refractivity contribution in [1.82, 2.24) is 15.0 Å². The second-order valence-corrected chi connectivity index (χ2v) is 14.0. The van der Waals surface area contributed by atoms with Crippen LogP contribution in [0.15, 0.2) is 36.7 Å². The average molecular weight is 586 g/mol. The summed E-state index contributed by atoms with van der Waals surface area (Å²) in [6.45, 7) is 7.50. The standard InChI is InChI=1S/C28H34B3FN6O3S/c1-16(2)19-5-6-23(38-13-18(17(38)3)15-42(4,39)40)21-12-34-26(11-20(19)21)35-25-7-9-33-27(36-25)37-10-8-24(22(32)14-37)41-28(29,30)31/h5-7,9,11-12,16-18,22,24H,8,10,13-15H2,1-4H3,(H,33,34,35,36)/t17-,18-,22+,24-/m1/s1. The van der Waals surface area contributed by atoms with E-state index in [-0.39, 0.29) is 30.2 Å². The van der Waals surface area contributed by atoms with Gasteiger partial charge in [0.05, 0.1) is 41.9 Å². The van der Waals surface area contributed by atoms with E-state index < -0.39 is 27.4 Å². The van der Waals surface area contributed by atoms with Crippen LogP contribution < -0.4 is 15.1 Å². The lowest BCUT2D eigenvalue weighted by Gasteiger charge is -2.48. The third-order valence-electron chi connectivity index (χ3n) is 7.98. The number of sulfone groups is 1. The summed E-state index contributed by atoms with van der Waals surface area (Å²) < 4.78 is 43.7. The normalized spacial score (nSPS) is 23.3. The van der Waals surface area contributed by atoms with Crippen molar-refractivity contribution in [3.8, 4) is 0 Å². The van der Waals surface area contributed by atoms with Crippen molar-refractivity contribution in [2.45, 2.75) is 56.7 Å². The fourth-order valence-electron chi connectivity index (χ4n) is 5.82. The van der Waals surface area contributed by atoms with Crippen LogP contribution in [-0.4, -0.2) is 102 Å². The number of alkyl halides is 1. The Labute approximate surface area is 251 Å². The fraction of sp³-hybridized carbons (Fsp3) is 0.536. The predicted octanol–water partition coefficient (Wildman–Crippen LogP) is 2.81. The highest BCUT2D eigenvalue weighted by molar-refractivity contribution is 7.90. The van der Waals surface area contributed by atoms with Gasteiger partial charge in [0.25, 0.3) is 0 Å². The topological polar surface area (TPSA) is 101 Å². The van der Waals surface area contributed by atoms with E-state index in [2.05, 4.69) is 58.1 Å². The summed E-state index contributed by atoms with van der Waals surface area (Å²) in [4.78, 5) is 17.6. The van der Waals surface area contributed by atoms with Crippen LogP contribution >= 0.6 is 0 Å². The lowest BCUT2D eigenvalue weighted by Crippen LogP contribution is -2.57. The Bertz CT molecular complexity index is 1560. The molecule has 0 aliphatic carbocycles. The molecule has 0 unspecified atom stereocenters. The van der Waals surface area contributed by atoms with Gasteiger partial charge in [0.2, 0.25) is 5.95 Å². The van der Waals surface area contributed by atoms with Gasteiger partial charge in [0, 0.05) is 54.8 Å². The van der Waals surface area contributed by atoms with Gasteiger partial charge in [0.15, 0.2) is 0 Å². The van der Waals surface area contributed by atoms with Gasteiger partial charge in [-0.2, -0.15) is 4.98 Å². The number of pyridine rings is 1.